The first kappa shape index (κ1) is 14.0. The highest BCUT2D eigenvalue weighted by Crippen LogP contribution is 2.11. The molecule has 0 amide bonds. The van der Waals surface area contributed by atoms with Gasteiger partial charge in [-0.15, -0.1) is 0 Å². The Balaban J connectivity index is 2.14. The van der Waals surface area contributed by atoms with Crippen molar-refractivity contribution in [3.05, 3.63) is 29.8 Å². The summed E-state index contributed by atoms with van der Waals surface area (Å²) in [6.07, 6.45) is 1.17. The minimum atomic E-state index is 0.724. The van der Waals surface area contributed by atoms with Crippen molar-refractivity contribution in [1.82, 2.24) is 10.6 Å². The summed E-state index contributed by atoms with van der Waals surface area (Å²) in [5.74, 6) is 0.948. The van der Waals surface area contributed by atoms with Crippen molar-refractivity contribution in [2.75, 3.05) is 26.2 Å². The molecule has 3 heteroatoms. The fourth-order valence-electron chi connectivity index (χ4n) is 1.62. The van der Waals surface area contributed by atoms with Crippen molar-refractivity contribution in [3.8, 4) is 5.75 Å². The number of rotatable bonds is 9. The fourth-order valence-corrected chi connectivity index (χ4v) is 1.62. The van der Waals surface area contributed by atoms with Crippen molar-refractivity contribution >= 4 is 0 Å². The van der Waals surface area contributed by atoms with Crippen LogP contribution in [-0.4, -0.2) is 26.2 Å². The topological polar surface area (TPSA) is 33.3 Å². The van der Waals surface area contributed by atoms with Gasteiger partial charge >= 0.3 is 0 Å². The highest BCUT2D eigenvalue weighted by Gasteiger charge is 1.94. The Labute approximate surface area is 105 Å². The van der Waals surface area contributed by atoms with Crippen molar-refractivity contribution in [1.29, 1.82) is 0 Å². The summed E-state index contributed by atoms with van der Waals surface area (Å²) in [4.78, 5) is 0. The van der Waals surface area contributed by atoms with Crippen LogP contribution in [0.15, 0.2) is 24.3 Å². The summed E-state index contributed by atoms with van der Waals surface area (Å²) in [6.45, 7) is 8.99. The first-order valence-electron chi connectivity index (χ1n) is 6.50. The van der Waals surface area contributed by atoms with Crippen LogP contribution in [0, 0.1) is 0 Å². The Kier molecular flexibility index (Phi) is 7.43. The lowest BCUT2D eigenvalue weighted by Crippen LogP contribution is -2.21. The van der Waals surface area contributed by atoms with Crippen molar-refractivity contribution in [2.45, 2.75) is 26.8 Å². The summed E-state index contributed by atoms with van der Waals surface area (Å²) in [6, 6.07) is 8.28. The van der Waals surface area contributed by atoms with Crippen molar-refractivity contribution in [2.24, 2.45) is 0 Å². The molecule has 0 aliphatic carbocycles. The molecule has 0 aliphatic rings. The molecule has 0 fully saturated rings. The minimum Gasteiger partial charge on any atom is -0.494 e. The number of hydrogen-bond acceptors (Lipinski definition) is 3. The molecule has 0 unspecified atom stereocenters. The van der Waals surface area contributed by atoms with Crippen LogP contribution in [0.2, 0.25) is 0 Å². The number of nitrogens with one attached hydrogen (secondary N) is 2. The molecule has 2 N–H and O–H groups in total. The molecule has 0 heterocycles. The van der Waals surface area contributed by atoms with E-state index in [1.165, 1.54) is 12.0 Å². The van der Waals surface area contributed by atoms with Crippen LogP contribution in [0.1, 0.15) is 25.8 Å². The van der Waals surface area contributed by atoms with Crippen LogP contribution in [0.25, 0.3) is 0 Å². The lowest BCUT2D eigenvalue weighted by atomic mass is 10.2. The highest BCUT2D eigenvalue weighted by atomic mass is 16.5. The zero-order valence-electron chi connectivity index (χ0n) is 11.0. The van der Waals surface area contributed by atoms with Gasteiger partial charge in [0.05, 0.1) is 6.61 Å². The molecule has 1 rings (SSSR count). The normalized spacial score (nSPS) is 10.5. The molecule has 1 aromatic rings. The highest BCUT2D eigenvalue weighted by molar-refractivity contribution is 5.27. The minimum absolute atomic E-state index is 0.724. The zero-order chi connectivity index (χ0) is 12.3. The van der Waals surface area contributed by atoms with Crippen molar-refractivity contribution in [3.63, 3.8) is 0 Å². The summed E-state index contributed by atoms with van der Waals surface area (Å²) >= 11 is 0. The molecule has 0 saturated carbocycles. The van der Waals surface area contributed by atoms with Crippen LogP contribution in [0.4, 0.5) is 0 Å². The van der Waals surface area contributed by atoms with Crippen LogP contribution in [0.3, 0.4) is 0 Å². The van der Waals surface area contributed by atoms with E-state index in [1.807, 2.05) is 19.1 Å². The fraction of sp³-hybridized carbons (Fsp3) is 0.571. The third-order valence-corrected chi connectivity index (χ3v) is 2.52. The molecule has 0 saturated heterocycles. The van der Waals surface area contributed by atoms with E-state index in [2.05, 4.69) is 29.7 Å². The van der Waals surface area contributed by atoms with Gasteiger partial charge in [0.2, 0.25) is 0 Å². The summed E-state index contributed by atoms with van der Waals surface area (Å²) in [7, 11) is 0. The Bertz CT molecular complexity index is 285. The van der Waals surface area contributed by atoms with E-state index >= 15 is 0 Å². The predicted molar refractivity (Wildman–Crippen MR) is 72.5 cm³/mol. The maximum Gasteiger partial charge on any atom is 0.119 e. The van der Waals surface area contributed by atoms with Gasteiger partial charge < -0.3 is 15.4 Å². The number of ether oxygens (including phenoxy) is 1. The van der Waals surface area contributed by atoms with Crippen LogP contribution < -0.4 is 15.4 Å². The Hall–Kier alpha value is -1.06. The first-order valence-corrected chi connectivity index (χ1v) is 6.50. The third kappa shape index (κ3) is 6.29. The summed E-state index contributed by atoms with van der Waals surface area (Å²) in [5.41, 5.74) is 1.30. The zero-order valence-corrected chi connectivity index (χ0v) is 11.0. The third-order valence-electron chi connectivity index (χ3n) is 2.52. The standard InChI is InChI=1S/C14H24N2O/c1-3-15-10-5-11-16-12-13-6-8-14(9-7-13)17-4-2/h6-9,15-16H,3-5,10-12H2,1-2H3. The SMILES string of the molecule is CCNCCCNCc1ccc(OCC)cc1. The summed E-state index contributed by atoms with van der Waals surface area (Å²) < 4.78 is 5.40. The largest absolute Gasteiger partial charge is 0.494 e. The molecular weight excluding hydrogens is 212 g/mol. The predicted octanol–water partition coefficient (Wildman–Crippen LogP) is 2.17. The molecule has 0 aliphatic heterocycles. The van der Waals surface area contributed by atoms with Crippen molar-refractivity contribution < 1.29 is 4.74 Å². The quantitative estimate of drug-likeness (QED) is 0.645. The van der Waals surface area contributed by atoms with Gasteiger partial charge in [0.25, 0.3) is 0 Å². The second-order valence-corrected chi connectivity index (χ2v) is 3.96. The Morgan fingerprint density at radius 2 is 1.71 bits per heavy atom. The molecule has 0 aromatic heterocycles. The second-order valence-electron chi connectivity index (χ2n) is 3.96. The Morgan fingerprint density at radius 1 is 1.00 bits per heavy atom. The smallest absolute Gasteiger partial charge is 0.119 e. The molecule has 17 heavy (non-hydrogen) atoms. The number of benzene rings is 1. The number of hydrogen-bond donors (Lipinski definition) is 2. The molecule has 0 spiro atoms. The van der Waals surface area contributed by atoms with E-state index in [0.717, 1.165) is 38.5 Å². The second kappa shape index (κ2) is 9.02. The lowest BCUT2D eigenvalue weighted by Gasteiger charge is -2.07. The monoisotopic (exact) mass is 236 g/mol. The van der Waals surface area contributed by atoms with Gasteiger partial charge in [-0.2, -0.15) is 0 Å². The van der Waals surface area contributed by atoms with Gasteiger partial charge in [-0.1, -0.05) is 19.1 Å². The van der Waals surface area contributed by atoms with E-state index in [0.29, 0.717) is 0 Å². The lowest BCUT2D eigenvalue weighted by molar-refractivity contribution is 0.340. The molecule has 0 bridgehead atoms. The van der Waals surface area contributed by atoms with Gasteiger partial charge in [0.15, 0.2) is 0 Å². The molecule has 1 aromatic carbocycles. The van der Waals surface area contributed by atoms with E-state index < -0.39 is 0 Å². The molecule has 0 radical (unpaired) electrons. The van der Waals surface area contributed by atoms with E-state index in [-0.39, 0.29) is 0 Å². The summed E-state index contributed by atoms with van der Waals surface area (Å²) in [5, 5.41) is 6.74. The Morgan fingerprint density at radius 3 is 2.35 bits per heavy atom. The molecular formula is C14H24N2O. The van der Waals surface area contributed by atoms with E-state index in [1.54, 1.807) is 0 Å². The van der Waals surface area contributed by atoms with E-state index in [9.17, 15) is 0 Å². The van der Waals surface area contributed by atoms with Gasteiger partial charge in [0, 0.05) is 6.54 Å². The maximum absolute atomic E-state index is 5.40. The van der Waals surface area contributed by atoms with Gasteiger partial charge in [-0.3, -0.25) is 0 Å². The van der Waals surface area contributed by atoms with Gasteiger partial charge in [0.1, 0.15) is 5.75 Å². The molecule has 96 valence electrons. The average Bonchev–Trinajstić information content (AvgIpc) is 2.36. The molecule has 3 nitrogen and oxygen atoms in total. The molecule has 0 atom stereocenters. The van der Waals surface area contributed by atoms with Crippen LogP contribution in [0.5, 0.6) is 5.75 Å². The van der Waals surface area contributed by atoms with Gasteiger partial charge in [-0.05, 0) is 50.7 Å². The average molecular weight is 236 g/mol. The first-order chi connectivity index (χ1) is 8.36. The van der Waals surface area contributed by atoms with E-state index in [4.69, 9.17) is 4.74 Å². The van der Waals surface area contributed by atoms with Crippen LogP contribution in [-0.2, 0) is 6.54 Å². The maximum atomic E-state index is 5.40. The van der Waals surface area contributed by atoms with Crippen LogP contribution >= 0.6 is 0 Å². The van der Waals surface area contributed by atoms with Gasteiger partial charge in [-0.25, -0.2) is 0 Å².